The lowest BCUT2D eigenvalue weighted by molar-refractivity contribution is -0.121. The molecule has 2 amide bonds. The van der Waals surface area contributed by atoms with Crippen molar-refractivity contribution in [1.82, 2.24) is 24.8 Å². The van der Waals surface area contributed by atoms with E-state index < -0.39 is 5.76 Å². The Balaban J connectivity index is 1.21. The van der Waals surface area contributed by atoms with Crippen LogP contribution in [0.15, 0.2) is 44.1 Å². The van der Waals surface area contributed by atoms with E-state index >= 15 is 0 Å². The highest BCUT2D eigenvalue weighted by Crippen LogP contribution is 2.11. The standard InChI is InChI=1S/C20H23N5O5/c1-14-12-15(22-30-14)19(27)24-10-8-23(9-11-24)7-6-21-18(26)13-25-16-4-2-3-5-17(16)29-20(25)28/h2-5,12H,6-11,13H2,1H3,(H,21,26). The lowest BCUT2D eigenvalue weighted by atomic mass is 10.2. The van der Waals surface area contributed by atoms with E-state index in [0.29, 0.717) is 61.8 Å². The van der Waals surface area contributed by atoms with Crippen LogP contribution in [0.3, 0.4) is 0 Å². The van der Waals surface area contributed by atoms with Crippen molar-refractivity contribution in [2.75, 3.05) is 39.3 Å². The number of carbonyl (C=O) groups excluding carboxylic acids is 2. The van der Waals surface area contributed by atoms with Crippen LogP contribution < -0.4 is 11.1 Å². The van der Waals surface area contributed by atoms with E-state index in [2.05, 4.69) is 15.4 Å². The number of para-hydroxylation sites is 2. The first-order valence-corrected chi connectivity index (χ1v) is 9.81. The van der Waals surface area contributed by atoms with Gasteiger partial charge in [0.25, 0.3) is 5.91 Å². The Kier molecular flexibility index (Phi) is 5.66. The van der Waals surface area contributed by atoms with Crippen molar-refractivity contribution in [1.29, 1.82) is 0 Å². The molecule has 0 atom stereocenters. The third kappa shape index (κ3) is 4.28. The van der Waals surface area contributed by atoms with Gasteiger partial charge in [0.1, 0.15) is 12.3 Å². The van der Waals surface area contributed by atoms with Crippen LogP contribution in [-0.4, -0.2) is 70.6 Å². The minimum absolute atomic E-state index is 0.0881. The minimum atomic E-state index is -0.547. The van der Waals surface area contributed by atoms with Crippen LogP contribution in [0.2, 0.25) is 0 Å². The van der Waals surface area contributed by atoms with Crippen molar-refractivity contribution >= 4 is 22.9 Å². The fourth-order valence-electron chi connectivity index (χ4n) is 3.52. The molecule has 158 valence electrons. The number of oxazole rings is 1. The Morgan fingerprint density at radius 2 is 1.93 bits per heavy atom. The maximum absolute atomic E-state index is 12.4. The maximum atomic E-state index is 12.4. The molecule has 30 heavy (non-hydrogen) atoms. The predicted molar refractivity (Wildman–Crippen MR) is 107 cm³/mol. The summed E-state index contributed by atoms with van der Waals surface area (Å²) >= 11 is 0. The van der Waals surface area contributed by atoms with E-state index in [9.17, 15) is 14.4 Å². The van der Waals surface area contributed by atoms with E-state index in [1.54, 1.807) is 42.2 Å². The molecule has 3 aromatic rings. The number of nitrogens with one attached hydrogen (secondary N) is 1. The van der Waals surface area contributed by atoms with Gasteiger partial charge in [-0.2, -0.15) is 0 Å². The topological polar surface area (TPSA) is 114 Å². The molecule has 1 aliphatic rings. The van der Waals surface area contributed by atoms with Crippen LogP contribution in [0.5, 0.6) is 0 Å². The molecule has 10 nitrogen and oxygen atoms in total. The van der Waals surface area contributed by atoms with Crippen LogP contribution in [0, 0.1) is 6.92 Å². The molecule has 1 aliphatic heterocycles. The van der Waals surface area contributed by atoms with Gasteiger partial charge < -0.3 is 19.2 Å². The average molecular weight is 413 g/mol. The summed E-state index contributed by atoms with van der Waals surface area (Å²) in [6, 6.07) is 8.64. The third-order valence-corrected chi connectivity index (χ3v) is 5.13. The van der Waals surface area contributed by atoms with Crippen LogP contribution >= 0.6 is 0 Å². The maximum Gasteiger partial charge on any atom is 0.420 e. The molecular formula is C20H23N5O5. The summed E-state index contributed by atoms with van der Waals surface area (Å²) in [6.07, 6.45) is 0. The molecule has 2 aromatic heterocycles. The zero-order valence-electron chi connectivity index (χ0n) is 16.7. The fourth-order valence-corrected chi connectivity index (χ4v) is 3.52. The second-order valence-corrected chi connectivity index (χ2v) is 7.23. The first-order valence-electron chi connectivity index (χ1n) is 9.81. The number of nitrogens with zero attached hydrogens (tertiary/aromatic N) is 4. The fraction of sp³-hybridized carbons (Fsp3) is 0.400. The van der Waals surface area contributed by atoms with Gasteiger partial charge in [-0.05, 0) is 19.1 Å². The molecule has 1 fully saturated rings. The van der Waals surface area contributed by atoms with Gasteiger partial charge in [-0.25, -0.2) is 4.79 Å². The SMILES string of the molecule is Cc1cc(C(=O)N2CCN(CCNC(=O)Cn3c(=O)oc4ccccc43)CC2)no1. The van der Waals surface area contributed by atoms with Gasteiger partial charge in [0.05, 0.1) is 5.52 Å². The van der Waals surface area contributed by atoms with Gasteiger partial charge in [0.15, 0.2) is 11.3 Å². The summed E-state index contributed by atoms with van der Waals surface area (Å²) in [6.45, 7) is 5.40. The summed E-state index contributed by atoms with van der Waals surface area (Å²) in [5, 5.41) is 6.61. The first-order chi connectivity index (χ1) is 14.5. The number of fused-ring (bicyclic) bond motifs is 1. The molecular weight excluding hydrogens is 390 g/mol. The quantitative estimate of drug-likeness (QED) is 0.625. The number of aryl methyl sites for hydroxylation is 1. The highest BCUT2D eigenvalue weighted by Gasteiger charge is 2.24. The predicted octanol–water partition coefficient (Wildman–Crippen LogP) is 0.465. The van der Waals surface area contributed by atoms with Crippen LogP contribution in [0.1, 0.15) is 16.2 Å². The lowest BCUT2D eigenvalue weighted by Gasteiger charge is -2.34. The number of carbonyl (C=O) groups is 2. The third-order valence-electron chi connectivity index (χ3n) is 5.13. The highest BCUT2D eigenvalue weighted by atomic mass is 16.5. The van der Waals surface area contributed by atoms with E-state index in [1.165, 1.54) is 4.57 Å². The molecule has 0 aliphatic carbocycles. The normalized spacial score (nSPS) is 14.9. The summed E-state index contributed by atoms with van der Waals surface area (Å²) in [5.41, 5.74) is 1.39. The Hall–Kier alpha value is -3.40. The van der Waals surface area contributed by atoms with Crippen molar-refractivity contribution in [3.8, 4) is 0 Å². The molecule has 10 heteroatoms. The van der Waals surface area contributed by atoms with Crippen molar-refractivity contribution in [3.05, 3.63) is 52.3 Å². The molecule has 1 N–H and O–H groups in total. The monoisotopic (exact) mass is 413 g/mol. The Morgan fingerprint density at radius 3 is 2.67 bits per heavy atom. The van der Waals surface area contributed by atoms with Gasteiger partial charge in [0, 0.05) is 45.3 Å². The molecule has 3 heterocycles. The molecule has 0 saturated carbocycles. The number of benzene rings is 1. The van der Waals surface area contributed by atoms with Crippen molar-refractivity contribution in [2.45, 2.75) is 13.5 Å². The second kappa shape index (κ2) is 8.54. The molecule has 4 rings (SSSR count). The zero-order chi connectivity index (χ0) is 21.1. The van der Waals surface area contributed by atoms with Crippen molar-refractivity contribution < 1.29 is 18.5 Å². The van der Waals surface area contributed by atoms with E-state index in [4.69, 9.17) is 8.94 Å². The average Bonchev–Trinajstić information content (AvgIpc) is 3.31. The number of aromatic nitrogens is 2. The number of hydrogen-bond donors (Lipinski definition) is 1. The Labute approximate surface area is 172 Å². The molecule has 1 saturated heterocycles. The minimum Gasteiger partial charge on any atom is -0.408 e. The van der Waals surface area contributed by atoms with E-state index in [1.807, 2.05) is 0 Å². The Bertz CT molecular complexity index is 1110. The molecule has 0 bridgehead atoms. The van der Waals surface area contributed by atoms with Gasteiger partial charge in [0.2, 0.25) is 5.91 Å². The number of rotatable bonds is 6. The van der Waals surface area contributed by atoms with Gasteiger partial charge >= 0.3 is 5.76 Å². The van der Waals surface area contributed by atoms with Crippen molar-refractivity contribution in [3.63, 3.8) is 0 Å². The Morgan fingerprint density at radius 1 is 1.17 bits per heavy atom. The van der Waals surface area contributed by atoms with E-state index in [0.717, 1.165) is 0 Å². The van der Waals surface area contributed by atoms with Crippen LogP contribution in [0.4, 0.5) is 0 Å². The highest BCUT2D eigenvalue weighted by molar-refractivity contribution is 5.92. The van der Waals surface area contributed by atoms with Gasteiger partial charge in [-0.1, -0.05) is 17.3 Å². The zero-order valence-corrected chi connectivity index (χ0v) is 16.7. The van der Waals surface area contributed by atoms with Crippen molar-refractivity contribution in [2.24, 2.45) is 0 Å². The van der Waals surface area contributed by atoms with Gasteiger partial charge in [-0.3, -0.25) is 19.1 Å². The summed E-state index contributed by atoms with van der Waals surface area (Å²) in [4.78, 5) is 40.5. The molecule has 1 aromatic carbocycles. The number of amides is 2. The smallest absolute Gasteiger partial charge is 0.408 e. The molecule has 0 radical (unpaired) electrons. The lowest BCUT2D eigenvalue weighted by Crippen LogP contribution is -2.50. The number of hydrogen-bond acceptors (Lipinski definition) is 7. The van der Waals surface area contributed by atoms with Crippen LogP contribution in [-0.2, 0) is 11.3 Å². The first kappa shape index (κ1) is 19.9. The largest absolute Gasteiger partial charge is 0.420 e. The molecule has 0 spiro atoms. The summed E-state index contributed by atoms with van der Waals surface area (Å²) < 4.78 is 11.4. The summed E-state index contributed by atoms with van der Waals surface area (Å²) in [7, 11) is 0. The second-order valence-electron chi connectivity index (χ2n) is 7.23. The van der Waals surface area contributed by atoms with Crippen LogP contribution in [0.25, 0.3) is 11.1 Å². The molecule has 0 unspecified atom stereocenters. The number of piperazine rings is 1. The van der Waals surface area contributed by atoms with Gasteiger partial charge in [-0.15, -0.1) is 0 Å². The summed E-state index contributed by atoms with van der Waals surface area (Å²) in [5.74, 6) is -0.315. The van der Waals surface area contributed by atoms with E-state index in [-0.39, 0.29) is 18.4 Å².